The van der Waals surface area contributed by atoms with E-state index in [-0.39, 0.29) is 0 Å². The van der Waals surface area contributed by atoms with Crippen molar-refractivity contribution in [1.82, 2.24) is 0 Å². The van der Waals surface area contributed by atoms with Gasteiger partial charge in [0.05, 0.1) is 0 Å². The van der Waals surface area contributed by atoms with Crippen LogP contribution in [0.2, 0.25) is 18.1 Å². The molecule has 3 atom stereocenters. The van der Waals surface area contributed by atoms with Crippen LogP contribution in [0.5, 0.6) is 0 Å². The third-order valence-electron chi connectivity index (χ3n) is 6.93. The molecule has 0 aromatic carbocycles. The van der Waals surface area contributed by atoms with Gasteiger partial charge in [0.25, 0.3) is 0 Å². The molecule has 0 saturated heterocycles. The molecule has 0 aromatic heterocycles. The van der Waals surface area contributed by atoms with Crippen LogP contribution in [0.4, 0.5) is 0 Å². The van der Waals surface area contributed by atoms with Crippen LogP contribution in [0.3, 0.4) is 0 Å². The maximum absolute atomic E-state index is 6.63. The topological polar surface area (TPSA) is 9.23 Å². The molecule has 0 saturated carbocycles. The molecule has 2 aliphatic rings. The Kier molecular flexibility index (Phi) is 4.86. The van der Waals surface area contributed by atoms with Crippen LogP contribution >= 0.6 is 0 Å². The largest absolute Gasteiger partial charge is 0.416 e. The molecular weight excluding hydrogens is 284 g/mol. The van der Waals surface area contributed by atoms with Crippen LogP contribution < -0.4 is 0 Å². The summed E-state index contributed by atoms with van der Waals surface area (Å²) in [6, 6.07) is 0. The highest BCUT2D eigenvalue weighted by Gasteiger charge is 2.47. The van der Waals surface area contributed by atoms with Gasteiger partial charge in [0.15, 0.2) is 8.32 Å². The highest BCUT2D eigenvalue weighted by Crippen LogP contribution is 2.54. The maximum atomic E-state index is 6.63. The van der Waals surface area contributed by atoms with E-state index in [0.717, 1.165) is 12.5 Å². The van der Waals surface area contributed by atoms with Gasteiger partial charge in [-0.15, -0.1) is 0 Å². The van der Waals surface area contributed by atoms with Gasteiger partial charge in [-0.25, -0.2) is 0 Å². The SMILES string of the molecule is CC1=CC[C@H]2C(C)=CCC[C@]2(C)[C@@H]1CO[Si](C)(C)C(C)(C)C. The molecule has 0 radical (unpaired) electrons. The van der Waals surface area contributed by atoms with Gasteiger partial charge >= 0.3 is 0 Å². The van der Waals surface area contributed by atoms with E-state index in [9.17, 15) is 0 Å². The van der Waals surface area contributed by atoms with Crippen molar-refractivity contribution in [2.75, 3.05) is 6.61 Å². The molecule has 0 spiro atoms. The first-order valence-corrected chi connectivity index (χ1v) is 11.9. The van der Waals surface area contributed by atoms with Crippen LogP contribution in [0, 0.1) is 17.3 Å². The lowest BCUT2D eigenvalue weighted by Gasteiger charge is -2.51. The maximum Gasteiger partial charge on any atom is 0.192 e. The fourth-order valence-electron chi connectivity index (χ4n) is 4.12. The van der Waals surface area contributed by atoms with E-state index >= 15 is 0 Å². The second-order valence-electron chi connectivity index (χ2n) is 9.35. The van der Waals surface area contributed by atoms with Gasteiger partial charge in [-0.1, -0.05) is 51.0 Å². The lowest BCUT2D eigenvalue weighted by atomic mass is 9.56. The van der Waals surface area contributed by atoms with Crippen LogP contribution in [-0.4, -0.2) is 14.9 Å². The van der Waals surface area contributed by atoms with Crippen molar-refractivity contribution in [3.63, 3.8) is 0 Å². The Labute approximate surface area is 139 Å². The molecule has 2 aliphatic carbocycles. The van der Waals surface area contributed by atoms with Gasteiger partial charge in [0.2, 0.25) is 0 Å². The zero-order valence-corrected chi connectivity index (χ0v) is 17.0. The first kappa shape index (κ1) is 18.0. The molecule has 0 amide bonds. The molecule has 0 heterocycles. The Balaban J connectivity index is 2.20. The third kappa shape index (κ3) is 3.14. The van der Waals surface area contributed by atoms with Gasteiger partial charge in [-0.3, -0.25) is 0 Å². The molecule has 126 valence electrons. The monoisotopic (exact) mass is 320 g/mol. The zero-order valence-electron chi connectivity index (χ0n) is 16.0. The van der Waals surface area contributed by atoms with Crippen molar-refractivity contribution in [3.05, 3.63) is 23.3 Å². The van der Waals surface area contributed by atoms with Crippen LogP contribution in [-0.2, 0) is 4.43 Å². The van der Waals surface area contributed by atoms with E-state index < -0.39 is 8.32 Å². The molecule has 1 nitrogen and oxygen atoms in total. The molecule has 0 N–H and O–H groups in total. The standard InChI is InChI=1S/C20H36OSi/c1-15-10-9-13-20(6)17(15)12-11-16(2)18(20)14-21-22(7,8)19(3,4)5/h10-11,17-18H,9,12-14H2,1-8H3/t17-,18+,20-/m0/s1. The molecular formula is C20H36OSi. The number of rotatable bonds is 3. The molecule has 0 bridgehead atoms. The summed E-state index contributed by atoms with van der Waals surface area (Å²) < 4.78 is 6.63. The van der Waals surface area contributed by atoms with Gasteiger partial charge in [-0.05, 0) is 62.6 Å². The fourth-order valence-corrected chi connectivity index (χ4v) is 5.13. The van der Waals surface area contributed by atoms with Crippen LogP contribution in [0.25, 0.3) is 0 Å². The highest BCUT2D eigenvalue weighted by molar-refractivity contribution is 6.74. The zero-order chi connectivity index (χ0) is 16.8. The van der Waals surface area contributed by atoms with E-state index in [1.54, 1.807) is 11.1 Å². The van der Waals surface area contributed by atoms with Crippen molar-refractivity contribution in [2.24, 2.45) is 17.3 Å². The Morgan fingerprint density at radius 1 is 1.18 bits per heavy atom. The van der Waals surface area contributed by atoms with Crippen molar-refractivity contribution < 1.29 is 4.43 Å². The Morgan fingerprint density at radius 2 is 1.82 bits per heavy atom. The molecule has 0 unspecified atom stereocenters. The quantitative estimate of drug-likeness (QED) is 0.435. The Hall–Kier alpha value is -0.343. The van der Waals surface area contributed by atoms with Crippen molar-refractivity contribution in [3.8, 4) is 0 Å². The smallest absolute Gasteiger partial charge is 0.192 e. The molecule has 0 aromatic rings. The second-order valence-corrected chi connectivity index (χ2v) is 14.2. The summed E-state index contributed by atoms with van der Waals surface area (Å²) in [4.78, 5) is 0. The Morgan fingerprint density at radius 3 is 2.41 bits per heavy atom. The first-order chi connectivity index (χ1) is 9.99. The average molecular weight is 321 g/mol. The van der Waals surface area contributed by atoms with E-state index in [0.29, 0.717) is 16.4 Å². The fraction of sp³-hybridized carbons (Fsp3) is 0.800. The minimum atomic E-state index is -1.67. The Bertz CT molecular complexity index is 480. The van der Waals surface area contributed by atoms with Gasteiger partial charge in [0, 0.05) is 12.5 Å². The van der Waals surface area contributed by atoms with E-state index in [4.69, 9.17) is 4.43 Å². The van der Waals surface area contributed by atoms with E-state index in [1.807, 2.05) is 0 Å². The summed E-state index contributed by atoms with van der Waals surface area (Å²) in [5.41, 5.74) is 3.56. The number of hydrogen-bond acceptors (Lipinski definition) is 1. The summed E-state index contributed by atoms with van der Waals surface area (Å²) in [6.45, 7) is 19.9. The van der Waals surface area contributed by atoms with Crippen LogP contribution in [0.15, 0.2) is 23.3 Å². The van der Waals surface area contributed by atoms with Gasteiger partial charge in [0.1, 0.15) is 0 Å². The summed E-state index contributed by atoms with van der Waals surface area (Å²) in [6.07, 6.45) is 8.72. The molecule has 0 aliphatic heterocycles. The van der Waals surface area contributed by atoms with Crippen molar-refractivity contribution >= 4 is 8.32 Å². The average Bonchev–Trinajstić information content (AvgIpc) is 2.36. The lowest BCUT2D eigenvalue weighted by molar-refractivity contribution is 0.0628. The predicted octanol–water partition coefficient (Wildman–Crippen LogP) is 6.34. The van der Waals surface area contributed by atoms with Crippen LogP contribution in [0.1, 0.15) is 60.8 Å². The summed E-state index contributed by atoms with van der Waals surface area (Å²) >= 11 is 0. The summed E-state index contributed by atoms with van der Waals surface area (Å²) in [5, 5.41) is 0.294. The molecule has 0 fully saturated rings. The second kappa shape index (κ2) is 5.94. The molecule has 22 heavy (non-hydrogen) atoms. The lowest BCUT2D eigenvalue weighted by Crippen LogP contribution is -2.47. The minimum absolute atomic E-state index is 0.294. The third-order valence-corrected chi connectivity index (χ3v) is 11.4. The number of fused-ring (bicyclic) bond motifs is 1. The number of allylic oxidation sites excluding steroid dienone is 3. The highest BCUT2D eigenvalue weighted by atomic mass is 28.4. The van der Waals surface area contributed by atoms with Gasteiger partial charge < -0.3 is 4.43 Å². The number of hydrogen-bond donors (Lipinski definition) is 0. The van der Waals surface area contributed by atoms with Crippen molar-refractivity contribution in [1.29, 1.82) is 0 Å². The summed E-state index contributed by atoms with van der Waals surface area (Å²) in [7, 11) is -1.67. The summed E-state index contributed by atoms with van der Waals surface area (Å²) in [5.74, 6) is 1.31. The van der Waals surface area contributed by atoms with E-state index in [2.05, 4.69) is 66.8 Å². The van der Waals surface area contributed by atoms with Gasteiger partial charge in [-0.2, -0.15) is 0 Å². The first-order valence-electron chi connectivity index (χ1n) is 8.96. The normalized spacial score (nSPS) is 33.1. The predicted molar refractivity (Wildman–Crippen MR) is 99.6 cm³/mol. The molecule has 2 heteroatoms. The minimum Gasteiger partial charge on any atom is -0.416 e. The van der Waals surface area contributed by atoms with Crippen molar-refractivity contribution in [2.45, 2.75) is 78.9 Å². The van der Waals surface area contributed by atoms with E-state index in [1.165, 1.54) is 19.3 Å². The molecule has 2 rings (SSSR count).